The van der Waals surface area contributed by atoms with Crippen LogP contribution in [0.4, 0.5) is 11.5 Å². The van der Waals surface area contributed by atoms with Gasteiger partial charge in [0.25, 0.3) is 5.69 Å². The molecule has 31 heavy (non-hydrogen) atoms. The highest BCUT2D eigenvalue weighted by molar-refractivity contribution is 5.71. The number of methoxy groups -OCH3 is 1. The number of benzene rings is 2. The first-order valence-corrected chi connectivity index (χ1v) is 9.65. The van der Waals surface area contributed by atoms with E-state index in [1.54, 1.807) is 31.5 Å². The minimum Gasteiger partial charge on any atom is -0.497 e. The van der Waals surface area contributed by atoms with Crippen LogP contribution in [0.15, 0.2) is 79.1 Å². The molecule has 0 aliphatic rings. The van der Waals surface area contributed by atoms with Gasteiger partial charge in [0.1, 0.15) is 23.4 Å². The lowest BCUT2D eigenvalue weighted by Crippen LogP contribution is -2.17. The summed E-state index contributed by atoms with van der Waals surface area (Å²) in [5, 5.41) is 15.0. The molecule has 1 N–H and O–H groups in total. The second-order valence-corrected chi connectivity index (χ2v) is 6.94. The second-order valence-electron chi connectivity index (χ2n) is 6.94. The molecule has 1 unspecified atom stereocenters. The molecular weight excluding hydrogens is 394 g/mol. The van der Waals surface area contributed by atoms with Gasteiger partial charge in [-0.25, -0.2) is 9.97 Å². The van der Waals surface area contributed by atoms with Gasteiger partial charge in [0, 0.05) is 31.1 Å². The number of hydrogen-bond acceptors (Lipinski definition) is 6. The standard InChI is InChI=1S/C23H21N5O3/c1-27-14-13-24-23(27)22(17-9-6-10-18(15-17)31-2)26-20-12-11-19(28(29)30)21(25-20)16-7-4-3-5-8-16/h3-15,22H,1-2H3,(H,25,26). The van der Waals surface area contributed by atoms with Crippen LogP contribution in [0.2, 0.25) is 0 Å². The van der Waals surface area contributed by atoms with E-state index in [1.165, 1.54) is 6.07 Å². The number of nitrogens with zero attached hydrogens (tertiary/aromatic N) is 4. The van der Waals surface area contributed by atoms with E-state index < -0.39 is 4.92 Å². The molecular formula is C23H21N5O3. The molecule has 0 aliphatic heterocycles. The highest BCUT2D eigenvalue weighted by atomic mass is 16.6. The summed E-state index contributed by atoms with van der Waals surface area (Å²) in [6, 6.07) is 19.5. The average Bonchev–Trinajstić information content (AvgIpc) is 3.23. The first-order valence-electron chi connectivity index (χ1n) is 9.65. The smallest absolute Gasteiger partial charge is 0.295 e. The summed E-state index contributed by atoms with van der Waals surface area (Å²) in [6.07, 6.45) is 3.59. The number of pyridine rings is 1. The summed E-state index contributed by atoms with van der Waals surface area (Å²) >= 11 is 0. The fourth-order valence-electron chi connectivity index (χ4n) is 3.41. The van der Waals surface area contributed by atoms with Crippen LogP contribution < -0.4 is 10.1 Å². The number of imidazole rings is 1. The van der Waals surface area contributed by atoms with Gasteiger partial charge in [-0.1, -0.05) is 42.5 Å². The first-order chi connectivity index (χ1) is 15.1. The van der Waals surface area contributed by atoms with Gasteiger partial charge in [0.15, 0.2) is 5.69 Å². The fraction of sp³-hybridized carbons (Fsp3) is 0.130. The number of aryl methyl sites for hydroxylation is 1. The first kappa shape index (κ1) is 20.1. The Morgan fingerprint density at radius 1 is 1.10 bits per heavy atom. The van der Waals surface area contributed by atoms with Crippen molar-refractivity contribution < 1.29 is 9.66 Å². The number of hydrogen-bond donors (Lipinski definition) is 1. The van der Waals surface area contributed by atoms with Crippen molar-refractivity contribution >= 4 is 11.5 Å². The van der Waals surface area contributed by atoms with E-state index in [1.807, 2.05) is 60.3 Å². The topological polar surface area (TPSA) is 95.1 Å². The maximum absolute atomic E-state index is 11.6. The van der Waals surface area contributed by atoms with Crippen molar-refractivity contribution in [1.82, 2.24) is 14.5 Å². The lowest BCUT2D eigenvalue weighted by Gasteiger charge is -2.20. The third kappa shape index (κ3) is 4.23. The van der Waals surface area contributed by atoms with Gasteiger partial charge < -0.3 is 14.6 Å². The number of aromatic nitrogens is 3. The van der Waals surface area contributed by atoms with Gasteiger partial charge in [-0.2, -0.15) is 0 Å². The largest absolute Gasteiger partial charge is 0.497 e. The quantitative estimate of drug-likeness (QED) is 0.350. The van der Waals surface area contributed by atoms with Crippen LogP contribution >= 0.6 is 0 Å². The molecule has 0 radical (unpaired) electrons. The highest BCUT2D eigenvalue weighted by Gasteiger charge is 2.22. The highest BCUT2D eigenvalue weighted by Crippen LogP contribution is 2.32. The van der Waals surface area contributed by atoms with E-state index in [9.17, 15) is 10.1 Å². The van der Waals surface area contributed by atoms with Crippen LogP contribution in [0.5, 0.6) is 5.75 Å². The number of nitro groups is 1. The number of ether oxygens (including phenoxy) is 1. The maximum atomic E-state index is 11.6. The lowest BCUT2D eigenvalue weighted by atomic mass is 10.1. The molecule has 8 heteroatoms. The Kier molecular flexibility index (Phi) is 5.61. The Balaban J connectivity index is 1.78. The Labute approximate surface area is 179 Å². The van der Waals surface area contributed by atoms with Gasteiger partial charge in [-0.05, 0) is 23.8 Å². The minimum absolute atomic E-state index is 0.0494. The number of anilines is 1. The molecule has 0 saturated heterocycles. The molecule has 8 nitrogen and oxygen atoms in total. The van der Waals surface area contributed by atoms with Crippen molar-refractivity contribution in [3.05, 3.63) is 101 Å². The maximum Gasteiger partial charge on any atom is 0.295 e. The fourth-order valence-corrected chi connectivity index (χ4v) is 3.41. The van der Waals surface area contributed by atoms with Crippen LogP contribution in [-0.4, -0.2) is 26.6 Å². The summed E-state index contributed by atoms with van der Waals surface area (Å²) in [6.45, 7) is 0. The van der Waals surface area contributed by atoms with Crippen LogP contribution in [0.1, 0.15) is 17.4 Å². The van der Waals surface area contributed by atoms with Gasteiger partial charge in [0.05, 0.1) is 12.0 Å². The minimum atomic E-state index is -0.419. The van der Waals surface area contributed by atoms with E-state index in [0.717, 1.165) is 17.1 Å². The average molecular weight is 415 g/mol. The molecule has 0 fully saturated rings. The molecule has 4 aromatic rings. The van der Waals surface area contributed by atoms with Crippen molar-refractivity contribution in [1.29, 1.82) is 0 Å². The van der Waals surface area contributed by atoms with Crippen LogP contribution in [0.25, 0.3) is 11.3 Å². The van der Waals surface area contributed by atoms with E-state index in [0.29, 0.717) is 17.1 Å². The summed E-state index contributed by atoms with van der Waals surface area (Å²) in [7, 11) is 3.53. The molecule has 4 rings (SSSR count). The summed E-state index contributed by atoms with van der Waals surface area (Å²) in [5.74, 6) is 2.00. The summed E-state index contributed by atoms with van der Waals surface area (Å²) in [5.41, 5.74) is 1.86. The molecule has 1 atom stereocenters. The zero-order chi connectivity index (χ0) is 21.8. The monoisotopic (exact) mass is 415 g/mol. The SMILES string of the molecule is COc1cccc(C(Nc2ccc([N+](=O)[O-])c(-c3ccccc3)n2)c2nccn2C)c1. The van der Waals surface area contributed by atoms with Crippen LogP contribution in [0.3, 0.4) is 0 Å². The predicted molar refractivity (Wildman–Crippen MR) is 118 cm³/mol. The van der Waals surface area contributed by atoms with Crippen molar-refractivity contribution in [3.8, 4) is 17.0 Å². The third-order valence-corrected chi connectivity index (χ3v) is 4.95. The van der Waals surface area contributed by atoms with E-state index in [4.69, 9.17) is 4.74 Å². The lowest BCUT2D eigenvalue weighted by molar-refractivity contribution is -0.384. The third-order valence-electron chi connectivity index (χ3n) is 4.95. The normalized spacial score (nSPS) is 11.7. The van der Waals surface area contributed by atoms with E-state index >= 15 is 0 Å². The molecule has 0 bridgehead atoms. The van der Waals surface area contributed by atoms with Gasteiger partial charge in [0.2, 0.25) is 0 Å². The van der Waals surface area contributed by atoms with Crippen molar-refractivity contribution in [2.75, 3.05) is 12.4 Å². The number of rotatable bonds is 7. The zero-order valence-electron chi connectivity index (χ0n) is 17.1. The van der Waals surface area contributed by atoms with Crippen LogP contribution in [0, 0.1) is 10.1 Å². The Bertz CT molecular complexity index is 1210. The predicted octanol–water partition coefficient (Wildman–Crippen LogP) is 4.60. The molecule has 2 aromatic heterocycles. The molecule has 0 aliphatic carbocycles. The van der Waals surface area contributed by atoms with Crippen molar-refractivity contribution in [3.63, 3.8) is 0 Å². The zero-order valence-corrected chi connectivity index (χ0v) is 17.1. The molecule has 0 saturated carbocycles. The second kappa shape index (κ2) is 8.66. The van der Waals surface area contributed by atoms with E-state index in [-0.39, 0.29) is 11.7 Å². The van der Waals surface area contributed by atoms with Crippen molar-refractivity contribution in [2.24, 2.45) is 7.05 Å². The molecule has 2 heterocycles. The number of nitrogens with one attached hydrogen (secondary N) is 1. The Morgan fingerprint density at radius 3 is 2.58 bits per heavy atom. The molecule has 156 valence electrons. The van der Waals surface area contributed by atoms with E-state index in [2.05, 4.69) is 15.3 Å². The Hall–Kier alpha value is -4.20. The van der Waals surface area contributed by atoms with Gasteiger partial charge in [-0.3, -0.25) is 10.1 Å². The summed E-state index contributed by atoms with van der Waals surface area (Å²) < 4.78 is 7.29. The molecule has 0 amide bonds. The molecule has 0 spiro atoms. The van der Waals surface area contributed by atoms with Crippen LogP contribution in [-0.2, 0) is 7.05 Å². The Morgan fingerprint density at radius 2 is 1.90 bits per heavy atom. The summed E-state index contributed by atoms with van der Waals surface area (Å²) in [4.78, 5) is 20.2. The van der Waals surface area contributed by atoms with Crippen molar-refractivity contribution in [2.45, 2.75) is 6.04 Å². The molecule has 2 aromatic carbocycles. The van der Waals surface area contributed by atoms with Gasteiger partial charge >= 0.3 is 0 Å². The van der Waals surface area contributed by atoms with Gasteiger partial charge in [-0.15, -0.1) is 0 Å².